The zero-order valence-electron chi connectivity index (χ0n) is 14.6. The second-order valence-corrected chi connectivity index (χ2v) is 6.16. The van der Waals surface area contributed by atoms with Gasteiger partial charge in [-0.1, -0.05) is 0 Å². The molecule has 3 heterocycles. The van der Waals surface area contributed by atoms with Crippen LogP contribution in [0.5, 0.6) is 11.5 Å². The van der Waals surface area contributed by atoms with Crippen molar-refractivity contribution in [3.8, 4) is 11.5 Å². The number of methoxy groups -OCH3 is 2. The number of benzene rings is 1. The van der Waals surface area contributed by atoms with E-state index in [0.717, 1.165) is 53.3 Å². The summed E-state index contributed by atoms with van der Waals surface area (Å²) >= 11 is 0. The molecule has 2 aromatic heterocycles. The molecule has 1 aliphatic rings. The predicted molar refractivity (Wildman–Crippen MR) is 95.2 cm³/mol. The summed E-state index contributed by atoms with van der Waals surface area (Å²) in [4.78, 5) is 11.2. The van der Waals surface area contributed by atoms with Crippen LogP contribution in [0.1, 0.15) is 24.4 Å². The van der Waals surface area contributed by atoms with Crippen LogP contribution in [0.3, 0.4) is 0 Å². The first-order valence-corrected chi connectivity index (χ1v) is 8.34. The van der Waals surface area contributed by atoms with Crippen LogP contribution in [-0.4, -0.2) is 40.5 Å². The number of fused-ring (bicyclic) bond motifs is 1. The Hall–Kier alpha value is -2.83. The van der Waals surface area contributed by atoms with Crippen LogP contribution >= 0.6 is 0 Å². The van der Waals surface area contributed by atoms with Crippen LogP contribution in [0.15, 0.2) is 30.7 Å². The van der Waals surface area contributed by atoms with Crippen molar-refractivity contribution in [3.05, 3.63) is 36.3 Å². The molecule has 130 valence electrons. The lowest BCUT2D eigenvalue weighted by Gasteiger charge is -2.27. The third-order valence-electron chi connectivity index (χ3n) is 4.83. The standard InChI is InChI=1S/C18H21N5O2/c1-22-17-14(10-21-22)18(20-11-19-17)23-8-4-5-15(23)13-9-12(24-2)6-7-16(13)25-3/h6-7,9-11,15H,4-5,8H2,1-3H3/t15-/m1/s1. The monoisotopic (exact) mass is 339 g/mol. The first kappa shape index (κ1) is 15.7. The molecule has 1 aliphatic heterocycles. The molecule has 0 unspecified atom stereocenters. The lowest BCUT2D eigenvalue weighted by atomic mass is 10.0. The SMILES string of the molecule is COc1ccc(OC)c([C@H]2CCCN2c2ncnc3c2cnn3C)c1. The van der Waals surface area contributed by atoms with Gasteiger partial charge in [-0.25, -0.2) is 9.97 Å². The van der Waals surface area contributed by atoms with Gasteiger partial charge in [0.1, 0.15) is 23.6 Å². The van der Waals surface area contributed by atoms with Gasteiger partial charge in [-0.15, -0.1) is 0 Å². The Morgan fingerprint density at radius 1 is 1.16 bits per heavy atom. The average molecular weight is 339 g/mol. The van der Waals surface area contributed by atoms with Crippen LogP contribution in [0.25, 0.3) is 11.0 Å². The minimum Gasteiger partial charge on any atom is -0.497 e. The first-order valence-electron chi connectivity index (χ1n) is 8.34. The van der Waals surface area contributed by atoms with Gasteiger partial charge in [-0.05, 0) is 31.0 Å². The van der Waals surface area contributed by atoms with E-state index < -0.39 is 0 Å². The van der Waals surface area contributed by atoms with E-state index in [-0.39, 0.29) is 6.04 Å². The normalized spacial score (nSPS) is 17.2. The molecule has 1 fully saturated rings. The highest BCUT2D eigenvalue weighted by molar-refractivity contribution is 5.87. The molecule has 0 amide bonds. The highest BCUT2D eigenvalue weighted by Gasteiger charge is 2.31. The number of aryl methyl sites for hydroxylation is 1. The number of nitrogens with zero attached hydrogens (tertiary/aromatic N) is 5. The van der Waals surface area contributed by atoms with Crippen molar-refractivity contribution in [1.29, 1.82) is 0 Å². The van der Waals surface area contributed by atoms with Gasteiger partial charge in [-0.3, -0.25) is 4.68 Å². The largest absolute Gasteiger partial charge is 0.497 e. The Balaban J connectivity index is 1.81. The van der Waals surface area contributed by atoms with Gasteiger partial charge >= 0.3 is 0 Å². The van der Waals surface area contributed by atoms with Crippen LogP contribution in [0.4, 0.5) is 5.82 Å². The topological polar surface area (TPSA) is 65.3 Å². The van der Waals surface area contributed by atoms with E-state index in [4.69, 9.17) is 9.47 Å². The van der Waals surface area contributed by atoms with Gasteiger partial charge in [0.2, 0.25) is 0 Å². The molecule has 4 rings (SSSR count). The zero-order chi connectivity index (χ0) is 17.4. The van der Waals surface area contributed by atoms with E-state index in [0.29, 0.717) is 0 Å². The summed E-state index contributed by atoms with van der Waals surface area (Å²) in [6.45, 7) is 0.937. The highest BCUT2D eigenvalue weighted by atomic mass is 16.5. The number of aromatic nitrogens is 4. The number of rotatable bonds is 4. The summed E-state index contributed by atoms with van der Waals surface area (Å²) in [6, 6.07) is 6.13. The quantitative estimate of drug-likeness (QED) is 0.728. The highest BCUT2D eigenvalue weighted by Crippen LogP contribution is 2.42. The van der Waals surface area contributed by atoms with Gasteiger partial charge in [0.25, 0.3) is 0 Å². The Morgan fingerprint density at radius 3 is 2.84 bits per heavy atom. The summed E-state index contributed by atoms with van der Waals surface area (Å²) in [5.41, 5.74) is 1.96. The molecule has 0 aliphatic carbocycles. The van der Waals surface area contributed by atoms with E-state index in [2.05, 4.69) is 26.0 Å². The zero-order valence-corrected chi connectivity index (χ0v) is 14.6. The van der Waals surface area contributed by atoms with Crippen molar-refractivity contribution >= 4 is 16.9 Å². The molecule has 1 atom stereocenters. The first-order chi connectivity index (χ1) is 12.2. The Bertz CT molecular complexity index is 908. The van der Waals surface area contributed by atoms with Crippen molar-refractivity contribution in [2.24, 2.45) is 7.05 Å². The minimum absolute atomic E-state index is 0.184. The lowest BCUT2D eigenvalue weighted by molar-refractivity contribution is 0.395. The lowest BCUT2D eigenvalue weighted by Crippen LogP contribution is -2.24. The van der Waals surface area contributed by atoms with E-state index in [9.17, 15) is 0 Å². The van der Waals surface area contributed by atoms with Crippen molar-refractivity contribution < 1.29 is 9.47 Å². The Labute approximate surface area is 146 Å². The fraction of sp³-hybridized carbons (Fsp3) is 0.389. The van der Waals surface area contributed by atoms with Crippen molar-refractivity contribution in [2.45, 2.75) is 18.9 Å². The minimum atomic E-state index is 0.184. The van der Waals surface area contributed by atoms with Crippen LogP contribution in [0, 0.1) is 0 Å². The van der Waals surface area contributed by atoms with Gasteiger partial charge in [0, 0.05) is 19.2 Å². The van der Waals surface area contributed by atoms with Gasteiger partial charge in [0.05, 0.1) is 31.8 Å². The molecule has 3 aromatic rings. The second-order valence-electron chi connectivity index (χ2n) is 6.16. The summed E-state index contributed by atoms with van der Waals surface area (Å²) in [5, 5.41) is 5.30. The van der Waals surface area contributed by atoms with Crippen molar-refractivity contribution in [3.63, 3.8) is 0 Å². The molecule has 25 heavy (non-hydrogen) atoms. The smallest absolute Gasteiger partial charge is 0.163 e. The maximum Gasteiger partial charge on any atom is 0.163 e. The predicted octanol–water partition coefficient (Wildman–Crippen LogP) is 2.72. The Morgan fingerprint density at radius 2 is 2.04 bits per heavy atom. The third kappa shape index (κ3) is 2.56. The van der Waals surface area contributed by atoms with Crippen LogP contribution in [0.2, 0.25) is 0 Å². The number of anilines is 1. The Kier molecular flexibility index (Phi) is 3.91. The molecular formula is C18H21N5O2. The molecule has 0 N–H and O–H groups in total. The van der Waals surface area contributed by atoms with E-state index in [1.54, 1.807) is 25.2 Å². The number of hydrogen-bond acceptors (Lipinski definition) is 6. The average Bonchev–Trinajstić information content (AvgIpc) is 3.28. The maximum absolute atomic E-state index is 5.60. The second kappa shape index (κ2) is 6.23. The summed E-state index contributed by atoms with van der Waals surface area (Å²) in [6.07, 6.45) is 5.58. The van der Waals surface area contributed by atoms with E-state index >= 15 is 0 Å². The fourth-order valence-corrected chi connectivity index (χ4v) is 3.62. The van der Waals surface area contributed by atoms with E-state index in [1.165, 1.54) is 0 Å². The molecule has 7 nitrogen and oxygen atoms in total. The molecular weight excluding hydrogens is 318 g/mol. The van der Waals surface area contributed by atoms with Crippen molar-refractivity contribution in [1.82, 2.24) is 19.7 Å². The van der Waals surface area contributed by atoms with Gasteiger partial charge in [-0.2, -0.15) is 5.10 Å². The third-order valence-corrected chi connectivity index (χ3v) is 4.83. The van der Waals surface area contributed by atoms with Crippen LogP contribution in [-0.2, 0) is 7.05 Å². The maximum atomic E-state index is 5.60. The van der Waals surface area contributed by atoms with Crippen molar-refractivity contribution in [2.75, 3.05) is 25.7 Å². The summed E-state index contributed by atoms with van der Waals surface area (Å²) in [7, 11) is 5.28. The summed E-state index contributed by atoms with van der Waals surface area (Å²) in [5.74, 6) is 2.62. The van der Waals surface area contributed by atoms with E-state index in [1.807, 2.05) is 25.4 Å². The van der Waals surface area contributed by atoms with Crippen LogP contribution < -0.4 is 14.4 Å². The fourth-order valence-electron chi connectivity index (χ4n) is 3.62. The molecule has 0 bridgehead atoms. The molecule has 1 saturated heterocycles. The summed E-state index contributed by atoms with van der Waals surface area (Å²) < 4.78 is 12.8. The molecule has 0 saturated carbocycles. The van der Waals surface area contributed by atoms with Gasteiger partial charge in [0.15, 0.2) is 5.65 Å². The molecule has 0 spiro atoms. The number of hydrogen-bond donors (Lipinski definition) is 0. The molecule has 7 heteroatoms. The number of ether oxygens (including phenoxy) is 2. The molecule has 1 aromatic carbocycles. The molecule has 0 radical (unpaired) electrons. The van der Waals surface area contributed by atoms with Gasteiger partial charge < -0.3 is 14.4 Å².